The Bertz CT molecular complexity index is 938. The van der Waals surface area contributed by atoms with Gasteiger partial charge in [-0.25, -0.2) is 0 Å². The number of benzene rings is 2. The summed E-state index contributed by atoms with van der Waals surface area (Å²) in [5, 5.41) is 11.8. The van der Waals surface area contributed by atoms with E-state index in [0.717, 1.165) is 44.0 Å². The summed E-state index contributed by atoms with van der Waals surface area (Å²) in [7, 11) is 1.69. The van der Waals surface area contributed by atoms with Gasteiger partial charge in [-0.15, -0.1) is 5.10 Å². The smallest absolute Gasteiger partial charge is 0.247 e. The van der Waals surface area contributed by atoms with Crippen molar-refractivity contribution in [3.8, 4) is 5.75 Å². The highest BCUT2D eigenvalue weighted by Crippen LogP contribution is 2.23. The van der Waals surface area contributed by atoms with Crippen LogP contribution in [0.4, 0.5) is 23.1 Å². The molecule has 0 saturated carbocycles. The first-order chi connectivity index (χ1) is 14.3. The lowest BCUT2D eigenvalue weighted by atomic mass is 10.1. The van der Waals surface area contributed by atoms with Crippen molar-refractivity contribution in [1.29, 1.82) is 0 Å². The maximum Gasteiger partial charge on any atom is 0.247 e. The molecule has 1 saturated heterocycles. The molecule has 1 aliphatic heterocycles. The molecule has 0 radical (unpaired) electrons. The van der Waals surface area contributed by atoms with E-state index in [1.165, 1.54) is 11.3 Å². The van der Waals surface area contributed by atoms with E-state index in [0.29, 0.717) is 11.8 Å². The topological polar surface area (TPSA) is 66.4 Å². The first kappa shape index (κ1) is 19.0. The third-order valence-electron chi connectivity index (χ3n) is 5.21. The molecule has 2 heterocycles. The molecule has 1 aromatic heterocycles. The van der Waals surface area contributed by atoms with E-state index >= 15 is 0 Å². The number of hydrogen-bond acceptors (Lipinski definition) is 7. The number of rotatable bonds is 6. The Morgan fingerprint density at radius 3 is 2.41 bits per heavy atom. The molecule has 150 valence electrons. The summed E-state index contributed by atoms with van der Waals surface area (Å²) in [6, 6.07) is 16.5. The molecule has 1 N–H and O–H groups in total. The highest BCUT2D eigenvalue weighted by Gasteiger charge is 2.20. The van der Waals surface area contributed by atoms with E-state index in [2.05, 4.69) is 62.6 Å². The SMILES string of the molecule is CCc1ccccc1Nc1cnnc(N2CCN(c3ccc(OC)cc3)CC2)n1. The molecule has 4 rings (SSSR count). The Morgan fingerprint density at radius 1 is 0.966 bits per heavy atom. The Kier molecular flexibility index (Phi) is 5.74. The Hall–Kier alpha value is -3.35. The number of methoxy groups -OCH3 is 1. The van der Waals surface area contributed by atoms with Crippen molar-refractivity contribution in [3.63, 3.8) is 0 Å². The highest BCUT2D eigenvalue weighted by atomic mass is 16.5. The molecule has 0 bridgehead atoms. The number of aryl methyl sites for hydroxylation is 1. The summed E-state index contributed by atoms with van der Waals surface area (Å²) in [5.74, 6) is 2.26. The van der Waals surface area contributed by atoms with Crippen molar-refractivity contribution in [3.05, 3.63) is 60.3 Å². The lowest BCUT2D eigenvalue weighted by Gasteiger charge is -2.36. The maximum atomic E-state index is 5.24. The summed E-state index contributed by atoms with van der Waals surface area (Å²) in [5.41, 5.74) is 3.52. The van der Waals surface area contributed by atoms with Gasteiger partial charge in [-0.1, -0.05) is 25.1 Å². The van der Waals surface area contributed by atoms with Crippen LogP contribution in [0.1, 0.15) is 12.5 Å². The van der Waals surface area contributed by atoms with Crippen LogP contribution >= 0.6 is 0 Å². The largest absolute Gasteiger partial charge is 0.497 e. The monoisotopic (exact) mass is 390 g/mol. The second-order valence-corrected chi connectivity index (χ2v) is 6.95. The third kappa shape index (κ3) is 4.39. The third-order valence-corrected chi connectivity index (χ3v) is 5.21. The standard InChI is InChI=1S/C22H26N6O/c1-3-17-6-4-5-7-20(17)24-21-16-23-26-22(25-21)28-14-12-27(13-15-28)18-8-10-19(29-2)11-9-18/h4-11,16H,3,12-15H2,1-2H3,(H,24,25,26). The van der Waals surface area contributed by atoms with E-state index in [9.17, 15) is 0 Å². The normalized spacial score (nSPS) is 14.0. The van der Waals surface area contributed by atoms with Crippen molar-refractivity contribution in [2.24, 2.45) is 0 Å². The van der Waals surface area contributed by atoms with Gasteiger partial charge in [0.05, 0.1) is 13.3 Å². The van der Waals surface area contributed by atoms with Crippen LogP contribution < -0.4 is 19.9 Å². The number of nitrogens with one attached hydrogen (secondary N) is 1. The summed E-state index contributed by atoms with van der Waals surface area (Å²) < 4.78 is 5.24. The van der Waals surface area contributed by atoms with E-state index in [4.69, 9.17) is 9.72 Å². The van der Waals surface area contributed by atoms with E-state index in [1.807, 2.05) is 18.2 Å². The molecule has 2 aromatic carbocycles. The second kappa shape index (κ2) is 8.77. The zero-order valence-corrected chi connectivity index (χ0v) is 16.9. The minimum absolute atomic E-state index is 0.665. The van der Waals surface area contributed by atoms with Crippen LogP contribution in [0.15, 0.2) is 54.7 Å². The number of ether oxygens (including phenoxy) is 1. The van der Waals surface area contributed by atoms with Gasteiger partial charge < -0.3 is 19.9 Å². The predicted octanol–water partition coefficient (Wildman–Crippen LogP) is 3.51. The van der Waals surface area contributed by atoms with Crippen LogP contribution in [0.2, 0.25) is 0 Å². The fourth-order valence-electron chi connectivity index (χ4n) is 3.53. The number of aromatic nitrogens is 3. The summed E-state index contributed by atoms with van der Waals surface area (Å²) in [6.07, 6.45) is 2.63. The summed E-state index contributed by atoms with van der Waals surface area (Å²) >= 11 is 0. The molecule has 0 amide bonds. The van der Waals surface area contributed by atoms with Crippen molar-refractivity contribution < 1.29 is 4.74 Å². The van der Waals surface area contributed by atoms with Gasteiger partial charge in [-0.3, -0.25) is 0 Å². The first-order valence-corrected chi connectivity index (χ1v) is 9.95. The van der Waals surface area contributed by atoms with E-state index < -0.39 is 0 Å². The Labute approximate surface area is 171 Å². The number of piperazine rings is 1. The average molecular weight is 390 g/mol. The Morgan fingerprint density at radius 2 is 1.69 bits per heavy atom. The molecule has 0 atom stereocenters. The predicted molar refractivity (Wildman–Crippen MR) is 116 cm³/mol. The average Bonchev–Trinajstić information content (AvgIpc) is 2.80. The van der Waals surface area contributed by atoms with Crippen LogP contribution in [0.25, 0.3) is 0 Å². The van der Waals surface area contributed by atoms with Crippen LogP contribution in [-0.4, -0.2) is 48.5 Å². The Balaban J connectivity index is 1.41. The fraction of sp³-hybridized carbons (Fsp3) is 0.318. The van der Waals surface area contributed by atoms with Gasteiger partial charge >= 0.3 is 0 Å². The van der Waals surface area contributed by atoms with Gasteiger partial charge in [0, 0.05) is 37.6 Å². The number of anilines is 4. The second-order valence-electron chi connectivity index (χ2n) is 6.95. The van der Waals surface area contributed by atoms with E-state index in [1.54, 1.807) is 13.3 Å². The van der Waals surface area contributed by atoms with Crippen molar-refractivity contribution >= 4 is 23.1 Å². The van der Waals surface area contributed by atoms with Crippen LogP contribution in [0, 0.1) is 0 Å². The van der Waals surface area contributed by atoms with Crippen molar-refractivity contribution in [2.45, 2.75) is 13.3 Å². The minimum Gasteiger partial charge on any atom is -0.497 e. The van der Waals surface area contributed by atoms with Crippen molar-refractivity contribution in [1.82, 2.24) is 15.2 Å². The van der Waals surface area contributed by atoms with Gasteiger partial charge in [0.1, 0.15) is 5.75 Å². The quantitative estimate of drug-likeness (QED) is 0.691. The summed E-state index contributed by atoms with van der Waals surface area (Å²) in [6.45, 7) is 5.66. The molecule has 3 aromatic rings. The molecule has 29 heavy (non-hydrogen) atoms. The minimum atomic E-state index is 0.665. The van der Waals surface area contributed by atoms with Gasteiger partial charge in [0.15, 0.2) is 5.82 Å². The zero-order valence-electron chi connectivity index (χ0n) is 16.9. The lowest BCUT2D eigenvalue weighted by Crippen LogP contribution is -2.47. The molecular weight excluding hydrogens is 364 g/mol. The van der Waals surface area contributed by atoms with Crippen LogP contribution in [-0.2, 0) is 6.42 Å². The molecule has 0 spiro atoms. The van der Waals surface area contributed by atoms with Crippen molar-refractivity contribution in [2.75, 3.05) is 48.4 Å². The van der Waals surface area contributed by atoms with E-state index in [-0.39, 0.29) is 0 Å². The molecule has 1 aliphatic rings. The molecular formula is C22H26N6O. The van der Waals surface area contributed by atoms with Gasteiger partial charge in [-0.05, 0) is 42.3 Å². The molecule has 0 unspecified atom stereocenters. The van der Waals surface area contributed by atoms with Gasteiger partial charge in [0.25, 0.3) is 0 Å². The zero-order chi connectivity index (χ0) is 20.1. The van der Waals surface area contributed by atoms with Gasteiger partial charge in [-0.2, -0.15) is 10.1 Å². The molecule has 7 nitrogen and oxygen atoms in total. The molecule has 0 aliphatic carbocycles. The summed E-state index contributed by atoms with van der Waals surface area (Å²) in [4.78, 5) is 9.24. The van der Waals surface area contributed by atoms with Crippen LogP contribution in [0.5, 0.6) is 5.75 Å². The molecule has 7 heteroatoms. The maximum absolute atomic E-state index is 5.24. The highest BCUT2D eigenvalue weighted by molar-refractivity contribution is 5.60. The van der Waals surface area contributed by atoms with Crippen LogP contribution in [0.3, 0.4) is 0 Å². The first-order valence-electron chi connectivity index (χ1n) is 9.95. The molecule has 1 fully saturated rings. The number of hydrogen-bond donors (Lipinski definition) is 1. The number of nitrogens with zero attached hydrogens (tertiary/aromatic N) is 5. The number of para-hydroxylation sites is 1. The fourth-order valence-corrected chi connectivity index (χ4v) is 3.53. The lowest BCUT2D eigenvalue weighted by molar-refractivity contribution is 0.415. The van der Waals surface area contributed by atoms with Gasteiger partial charge in [0.2, 0.25) is 5.95 Å².